The molecule has 1 heterocycles. The van der Waals surface area contributed by atoms with Crippen LogP contribution in [-0.2, 0) is 6.54 Å². The van der Waals surface area contributed by atoms with Crippen LogP contribution in [0.15, 0.2) is 42.7 Å². The Hall–Kier alpha value is -2.47. The Balaban J connectivity index is 2.32. The van der Waals surface area contributed by atoms with Gasteiger partial charge in [0.25, 0.3) is 5.69 Å². The van der Waals surface area contributed by atoms with Gasteiger partial charge in [0.2, 0.25) is 0 Å². The molecular formula is C15H17N3O3. The quantitative estimate of drug-likeness (QED) is 0.675. The van der Waals surface area contributed by atoms with Gasteiger partial charge in [-0.25, -0.2) is 0 Å². The number of nitro groups is 1. The molecule has 0 aliphatic rings. The first-order chi connectivity index (χ1) is 9.99. The molecule has 1 atom stereocenters. The number of aliphatic hydroxyl groups excluding tert-OH is 1. The molecule has 110 valence electrons. The number of nitrogens with zero attached hydrogens (tertiary/aromatic N) is 3. The number of hydrogen-bond acceptors (Lipinski definition) is 5. The van der Waals surface area contributed by atoms with Gasteiger partial charge < -0.3 is 10.0 Å². The standard InChI is InChI=1S/C15H17N3O3/c1-11(19)13-5-6-14(15(8-13)18(20)21)17(2)10-12-4-3-7-16-9-12/h3-9,11,19H,10H2,1-2H3/t11-/m0/s1. The summed E-state index contributed by atoms with van der Waals surface area (Å²) in [6.07, 6.45) is 2.68. The number of pyridine rings is 1. The van der Waals surface area contributed by atoms with Gasteiger partial charge in [-0.05, 0) is 30.2 Å². The molecule has 0 aliphatic heterocycles. The van der Waals surface area contributed by atoms with Crippen LogP contribution in [0.3, 0.4) is 0 Å². The lowest BCUT2D eigenvalue weighted by atomic mass is 10.1. The lowest BCUT2D eigenvalue weighted by Gasteiger charge is -2.20. The molecular weight excluding hydrogens is 270 g/mol. The molecule has 0 saturated heterocycles. The van der Waals surface area contributed by atoms with Gasteiger partial charge in [0.1, 0.15) is 5.69 Å². The molecule has 21 heavy (non-hydrogen) atoms. The first-order valence-corrected chi connectivity index (χ1v) is 6.55. The van der Waals surface area contributed by atoms with Gasteiger partial charge in [0.05, 0.1) is 11.0 Å². The van der Waals surface area contributed by atoms with E-state index in [9.17, 15) is 15.2 Å². The van der Waals surface area contributed by atoms with E-state index in [2.05, 4.69) is 4.98 Å². The Labute approximate surface area is 122 Å². The third-order valence-corrected chi connectivity index (χ3v) is 3.23. The zero-order valence-electron chi connectivity index (χ0n) is 11.9. The number of benzene rings is 1. The molecule has 0 unspecified atom stereocenters. The van der Waals surface area contributed by atoms with E-state index in [4.69, 9.17) is 0 Å². The summed E-state index contributed by atoms with van der Waals surface area (Å²) < 4.78 is 0. The predicted molar refractivity (Wildman–Crippen MR) is 80.1 cm³/mol. The molecule has 6 heteroatoms. The SMILES string of the molecule is C[C@H](O)c1ccc(N(C)Cc2cccnc2)c([N+](=O)[O-])c1. The Kier molecular flexibility index (Phi) is 4.49. The largest absolute Gasteiger partial charge is 0.389 e. The number of rotatable bonds is 5. The highest BCUT2D eigenvalue weighted by atomic mass is 16.6. The summed E-state index contributed by atoms with van der Waals surface area (Å²) in [5.74, 6) is 0. The van der Waals surface area contributed by atoms with Crippen LogP contribution in [0, 0.1) is 10.1 Å². The molecule has 0 amide bonds. The Bertz CT molecular complexity index is 629. The maximum absolute atomic E-state index is 11.2. The van der Waals surface area contributed by atoms with Gasteiger partial charge in [-0.2, -0.15) is 0 Å². The molecule has 2 aromatic rings. The van der Waals surface area contributed by atoms with Gasteiger partial charge in [0.15, 0.2) is 0 Å². The molecule has 0 spiro atoms. The zero-order valence-corrected chi connectivity index (χ0v) is 11.9. The average molecular weight is 287 g/mol. The molecule has 2 rings (SSSR count). The van der Waals surface area contributed by atoms with E-state index in [-0.39, 0.29) is 5.69 Å². The van der Waals surface area contributed by atoms with Crippen molar-refractivity contribution in [3.63, 3.8) is 0 Å². The summed E-state index contributed by atoms with van der Waals surface area (Å²) in [5.41, 5.74) is 1.99. The van der Waals surface area contributed by atoms with Crippen molar-refractivity contribution in [2.75, 3.05) is 11.9 Å². The number of nitro benzene ring substituents is 1. The average Bonchev–Trinajstić information content (AvgIpc) is 2.47. The van der Waals surface area contributed by atoms with E-state index in [1.165, 1.54) is 6.07 Å². The number of aromatic nitrogens is 1. The molecule has 1 aromatic heterocycles. The van der Waals surface area contributed by atoms with Crippen molar-refractivity contribution in [1.82, 2.24) is 4.98 Å². The van der Waals surface area contributed by atoms with Crippen LogP contribution in [-0.4, -0.2) is 22.1 Å². The van der Waals surface area contributed by atoms with E-state index in [0.717, 1.165) is 5.56 Å². The smallest absolute Gasteiger partial charge is 0.292 e. The van der Waals surface area contributed by atoms with Crippen LogP contribution in [0.4, 0.5) is 11.4 Å². The van der Waals surface area contributed by atoms with Crippen LogP contribution in [0.25, 0.3) is 0 Å². The van der Waals surface area contributed by atoms with Crippen molar-refractivity contribution >= 4 is 11.4 Å². The van der Waals surface area contributed by atoms with Crippen LogP contribution in [0.2, 0.25) is 0 Å². The summed E-state index contributed by atoms with van der Waals surface area (Å²) >= 11 is 0. The fourth-order valence-electron chi connectivity index (χ4n) is 2.12. The van der Waals surface area contributed by atoms with Crippen molar-refractivity contribution in [2.24, 2.45) is 0 Å². The Morgan fingerprint density at radius 2 is 2.19 bits per heavy atom. The molecule has 0 bridgehead atoms. The highest BCUT2D eigenvalue weighted by molar-refractivity contribution is 5.64. The maximum atomic E-state index is 11.2. The molecule has 0 saturated carbocycles. The second-order valence-corrected chi connectivity index (χ2v) is 4.90. The number of aliphatic hydroxyl groups is 1. The third-order valence-electron chi connectivity index (χ3n) is 3.23. The summed E-state index contributed by atoms with van der Waals surface area (Å²) in [6, 6.07) is 8.52. The minimum Gasteiger partial charge on any atom is -0.389 e. The first kappa shape index (κ1) is 14.9. The summed E-state index contributed by atoms with van der Waals surface area (Å²) in [5, 5.41) is 20.8. The zero-order chi connectivity index (χ0) is 15.4. The highest BCUT2D eigenvalue weighted by Crippen LogP contribution is 2.31. The van der Waals surface area contributed by atoms with E-state index in [1.54, 1.807) is 43.4 Å². The van der Waals surface area contributed by atoms with E-state index >= 15 is 0 Å². The first-order valence-electron chi connectivity index (χ1n) is 6.55. The Morgan fingerprint density at radius 1 is 1.43 bits per heavy atom. The minimum absolute atomic E-state index is 0.0141. The molecule has 6 nitrogen and oxygen atoms in total. The summed E-state index contributed by atoms with van der Waals surface area (Å²) in [6.45, 7) is 2.10. The normalized spacial score (nSPS) is 12.0. The van der Waals surface area contributed by atoms with Crippen LogP contribution in [0.5, 0.6) is 0 Å². The van der Waals surface area contributed by atoms with Crippen molar-refractivity contribution in [3.05, 3.63) is 64.0 Å². The van der Waals surface area contributed by atoms with Crippen LogP contribution < -0.4 is 4.90 Å². The predicted octanol–water partition coefficient (Wildman–Crippen LogP) is 2.68. The summed E-state index contributed by atoms with van der Waals surface area (Å²) in [4.78, 5) is 16.6. The lowest BCUT2D eigenvalue weighted by molar-refractivity contribution is -0.384. The molecule has 1 aromatic carbocycles. The van der Waals surface area contributed by atoms with E-state index in [1.807, 2.05) is 12.1 Å². The number of anilines is 1. The van der Waals surface area contributed by atoms with Crippen LogP contribution >= 0.6 is 0 Å². The molecule has 0 aliphatic carbocycles. The second kappa shape index (κ2) is 6.32. The van der Waals surface area contributed by atoms with Gasteiger partial charge in [-0.3, -0.25) is 15.1 Å². The fraction of sp³-hybridized carbons (Fsp3) is 0.267. The monoisotopic (exact) mass is 287 g/mol. The van der Waals surface area contributed by atoms with Crippen molar-refractivity contribution in [2.45, 2.75) is 19.6 Å². The fourth-order valence-corrected chi connectivity index (χ4v) is 2.12. The minimum atomic E-state index is -0.735. The second-order valence-electron chi connectivity index (χ2n) is 4.90. The maximum Gasteiger partial charge on any atom is 0.292 e. The van der Waals surface area contributed by atoms with Crippen LogP contribution in [0.1, 0.15) is 24.2 Å². The topological polar surface area (TPSA) is 79.5 Å². The van der Waals surface area contributed by atoms with Gasteiger partial charge >= 0.3 is 0 Å². The molecule has 0 fully saturated rings. The van der Waals surface area contributed by atoms with E-state index < -0.39 is 11.0 Å². The molecule has 1 N–H and O–H groups in total. The van der Waals surface area contributed by atoms with Gasteiger partial charge in [0, 0.05) is 32.1 Å². The lowest BCUT2D eigenvalue weighted by Crippen LogP contribution is -2.18. The van der Waals surface area contributed by atoms with Crippen molar-refractivity contribution in [3.8, 4) is 0 Å². The summed E-state index contributed by atoms with van der Waals surface area (Å²) in [7, 11) is 1.79. The molecule has 0 radical (unpaired) electrons. The number of hydrogen-bond donors (Lipinski definition) is 1. The Morgan fingerprint density at radius 3 is 2.76 bits per heavy atom. The highest BCUT2D eigenvalue weighted by Gasteiger charge is 2.19. The van der Waals surface area contributed by atoms with Gasteiger partial charge in [-0.1, -0.05) is 12.1 Å². The third kappa shape index (κ3) is 3.55. The van der Waals surface area contributed by atoms with E-state index in [0.29, 0.717) is 17.8 Å². The van der Waals surface area contributed by atoms with Crippen molar-refractivity contribution < 1.29 is 10.0 Å². The van der Waals surface area contributed by atoms with Crippen molar-refractivity contribution in [1.29, 1.82) is 0 Å². The van der Waals surface area contributed by atoms with Gasteiger partial charge in [-0.15, -0.1) is 0 Å².